The summed E-state index contributed by atoms with van der Waals surface area (Å²) in [5.41, 5.74) is 1.79. The molecule has 3 aromatic carbocycles. The molecule has 0 radical (unpaired) electrons. The minimum Gasteiger partial charge on any atom is -0.508 e. The summed E-state index contributed by atoms with van der Waals surface area (Å²) in [6.45, 7) is 0. The lowest BCUT2D eigenvalue weighted by molar-refractivity contribution is -0.121. The Morgan fingerprint density at radius 3 is 2.46 bits per heavy atom. The Hall–Kier alpha value is -4.02. The summed E-state index contributed by atoms with van der Waals surface area (Å²) >= 11 is 7.04. The van der Waals surface area contributed by atoms with Crippen LogP contribution in [0.25, 0.3) is 0 Å². The van der Waals surface area contributed by atoms with Gasteiger partial charge < -0.3 is 19.9 Å². The fourth-order valence-electron chi connectivity index (χ4n) is 3.50. The highest BCUT2D eigenvalue weighted by Crippen LogP contribution is 2.35. The number of phenols is 1. The maximum Gasteiger partial charge on any atom is 0.247 e. The fourth-order valence-corrected chi connectivity index (χ4v) is 4.71. The molecular formula is C26H23ClN4O5S. The number of amides is 2. The number of hydrogen-bond donors (Lipinski definition) is 2. The summed E-state index contributed by atoms with van der Waals surface area (Å²) in [7, 11) is 3.09. The molecule has 2 amide bonds. The first-order valence-electron chi connectivity index (χ1n) is 11.1. The van der Waals surface area contributed by atoms with Crippen molar-refractivity contribution in [2.24, 2.45) is 10.2 Å². The van der Waals surface area contributed by atoms with Crippen LogP contribution in [-0.2, 0) is 9.59 Å². The van der Waals surface area contributed by atoms with Gasteiger partial charge in [0.1, 0.15) is 11.0 Å². The van der Waals surface area contributed by atoms with Crippen LogP contribution >= 0.6 is 23.4 Å². The van der Waals surface area contributed by atoms with Crippen molar-refractivity contribution >= 4 is 57.9 Å². The van der Waals surface area contributed by atoms with E-state index in [1.54, 1.807) is 68.8 Å². The number of halogens is 1. The number of amidine groups is 1. The number of anilines is 2. The monoisotopic (exact) mass is 538 g/mol. The zero-order chi connectivity index (χ0) is 26.4. The van der Waals surface area contributed by atoms with Gasteiger partial charge in [0.15, 0.2) is 16.7 Å². The number of ether oxygens (including phenoxy) is 2. The standard InChI is InChI=1S/C26H23ClN4O5S/c1-35-21-12-3-16(13-22(21)36-2)15-28-30-26-31(19-8-10-20(32)11-9-19)25(34)23(37-26)14-24(33)29-18-6-4-17(27)5-7-18/h3-13,15,23,32H,14H2,1-2H3,(H,29,33). The molecule has 0 saturated carbocycles. The van der Waals surface area contributed by atoms with Crippen molar-refractivity contribution in [3.05, 3.63) is 77.3 Å². The summed E-state index contributed by atoms with van der Waals surface area (Å²) in [5.74, 6) is 0.547. The number of nitrogens with one attached hydrogen (secondary N) is 1. The van der Waals surface area contributed by atoms with E-state index in [1.165, 1.54) is 23.2 Å². The van der Waals surface area contributed by atoms with Gasteiger partial charge in [-0.2, -0.15) is 5.10 Å². The molecule has 1 heterocycles. The second kappa shape index (κ2) is 11.8. The highest BCUT2D eigenvalue weighted by Gasteiger charge is 2.40. The zero-order valence-corrected chi connectivity index (χ0v) is 21.5. The number of carbonyl (C=O) groups excluding carboxylic acids is 2. The van der Waals surface area contributed by atoms with Crippen LogP contribution in [0.3, 0.4) is 0 Å². The number of phenolic OH excluding ortho intramolecular Hbond substituents is 1. The Kier molecular flexibility index (Phi) is 8.32. The lowest BCUT2D eigenvalue weighted by Gasteiger charge is -2.16. The van der Waals surface area contributed by atoms with Gasteiger partial charge in [0, 0.05) is 17.1 Å². The topological polar surface area (TPSA) is 113 Å². The third kappa shape index (κ3) is 6.41. The summed E-state index contributed by atoms with van der Waals surface area (Å²) < 4.78 is 10.6. The summed E-state index contributed by atoms with van der Waals surface area (Å²) in [6.07, 6.45) is 1.45. The van der Waals surface area contributed by atoms with Crippen LogP contribution in [0.2, 0.25) is 5.02 Å². The van der Waals surface area contributed by atoms with Crippen molar-refractivity contribution in [1.29, 1.82) is 0 Å². The van der Waals surface area contributed by atoms with Gasteiger partial charge in [-0.05, 0) is 72.3 Å². The van der Waals surface area contributed by atoms with Crippen LogP contribution in [0.15, 0.2) is 76.9 Å². The SMILES string of the molecule is COc1ccc(C=NN=C2SC(CC(=O)Nc3ccc(Cl)cc3)C(=O)N2c2ccc(O)cc2)cc1OC. The third-order valence-electron chi connectivity index (χ3n) is 5.30. The van der Waals surface area contributed by atoms with E-state index in [2.05, 4.69) is 15.5 Å². The average molecular weight is 539 g/mol. The normalized spacial score (nSPS) is 16.4. The van der Waals surface area contributed by atoms with Crippen LogP contribution in [-0.4, -0.2) is 47.8 Å². The van der Waals surface area contributed by atoms with Gasteiger partial charge in [-0.15, -0.1) is 5.10 Å². The molecule has 0 bridgehead atoms. The van der Waals surface area contributed by atoms with Gasteiger partial charge in [0.2, 0.25) is 11.8 Å². The van der Waals surface area contributed by atoms with Gasteiger partial charge >= 0.3 is 0 Å². The molecule has 1 unspecified atom stereocenters. The number of thioether (sulfide) groups is 1. The number of carbonyl (C=O) groups is 2. The number of aromatic hydroxyl groups is 1. The summed E-state index contributed by atoms with van der Waals surface area (Å²) in [4.78, 5) is 27.3. The van der Waals surface area contributed by atoms with E-state index in [-0.39, 0.29) is 24.0 Å². The predicted molar refractivity (Wildman–Crippen MR) is 146 cm³/mol. The number of hydrogen-bond acceptors (Lipinski definition) is 8. The molecule has 1 atom stereocenters. The Bertz CT molecular complexity index is 1350. The lowest BCUT2D eigenvalue weighted by Crippen LogP contribution is -2.33. The molecule has 1 fully saturated rings. The van der Waals surface area contributed by atoms with Crippen LogP contribution in [0.5, 0.6) is 17.2 Å². The lowest BCUT2D eigenvalue weighted by atomic mass is 10.2. The van der Waals surface area contributed by atoms with E-state index in [0.717, 1.165) is 11.8 Å². The number of methoxy groups -OCH3 is 2. The molecule has 1 aliphatic rings. The van der Waals surface area contributed by atoms with E-state index in [0.29, 0.717) is 38.6 Å². The quantitative estimate of drug-likeness (QED) is 0.310. The molecule has 11 heteroatoms. The minimum atomic E-state index is -0.712. The Balaban J connectivity index is 1.55. The van der Waals surface area contributed by atoms with Crippen molar-refractivity contribution in [1.82, 2.24) is 0 Å². The predicted octanol–water partition coefficient (Wildman–Crippen LogP) is 4.93. The second-order valence-electron chi connectivity index (χ2n) is 7.80. The average Bonchev–Trinajstić information content (AvgIpc) is 3.20. The van der Waals surface area contributed by atoms with Crippen LogP contribution in [0, 0.1) is 0 Å². The van der Waals surface area contributed by atoms with Gasteiger partial charge in [0.05, 0.1) is 26.1 Å². The molecule has 0 spiro atoms. The molecule has 0 aromatic heterocycles. The number of nitrogens with zero attached hydrogens (tertiary/aromatic N) is 3. The van der Waals surface area contributed by atoms with Crippen LogP contribution < -0.4 is 19.7 Å². The molecule has 4 rings (SSSR count). The summed E-state index contributed by atoms with van der Waals surface area (Å²) in [6, 6.07) is 18.1. The van der Waals surface area contributed by atoms with Crippen molar-refractivity contribution in [2.45, 2.75) is 11.7 Å². The Labute approximate surface area is 222 Å². The largest absolute Gasteiger partial charge is 0.508 e. The summed E-state index contributed by atoms with van der Waals surface area (Å²) in [5, 5.41) is 21.0. The van der Waals surface area contributed by atoms with Crippen molar-refractivity contribution in [3.8, 4) is 17.2 Å². The maximum atomic E-state index is 13.3. The molecule has 37 heavy (non-hydrogen) atoms. The molecular weight excluding hydrogens is 516 g/mol. The smallest absolute Gasteiger partial charge is 0.247 e. The molecule has 1 saturated heterocycles. The van der Waals surface area contributed by atoms with E-state index in [9.17, 15) is 14.7 Å². The van der Waals surface area contributed by atoms with E-state index in [1.807, 2.05) is 0 Å². The van der Waals surface area contributed by atoms with Gasteiger partial charge in [-0.3, -0.25) is 14.5 Å². The molecule has 2 N–H and O–H groups in total. The van der Waals surface area contributed by atoms with Crippen molar-refractivity contribution in [3.63, 3.8) is 0 Å². The first-order chi connectivity index (χ1) is 17.9. The first kappa shape index (κ1) is 26.1. The molecule has 190 valence electrons. The molecule has 3 aromatic rings. The highest BCUT2D eigenvalue weighted by molar-refractivity contribution is 8.16. The number of benzene rings is 3. The molecule has 9 nitrogen and oxygen atoms in total. The van der Waals surface area contributed by atoms with Gasteiger partial charge in [0.25, 0.3) is 0 Å². The number of rotatable bonds is 8. The van der Waals surface area contributed by atoms with E-state index in [4.69, 9.17) is 21.1 Å². The Morgan fingerprint density at radius 2 is 1.78 bits per heavy atom. The van der Waals surface area contributed by atoms with Crippen molar-refractivity contribution < 1.29 is 24.2 Å². The second-order valence-corrected chi connectivity index (χ2v) is 9.40. The van der Waals surface area contributed by atoms with E-state index < -0.39 is 5.25 Å². The zero-order valence-electron chi connectivity index (χ0n) is 19.9. The van der Waals surface area contributed by atoms with Gasteiger partial charge in [-0.25, -0.2) is 0 Å². The highest BCUT2D eigenvalue weighted by atomic mass is 35.5. The fraction of sp³-hybridized carbons (Fsp3) is 0.154. The molecule has 0 aliphatic carbocycles. The van der Waals surface area contributed by atoms with Crippen molar-refractivity contribution in [2.75, 3.05) is 24.4 Å². The molecule has 1 aliphatic heterocycles. The minimum absolute atomic E-state index is 0.0619. The van der Waals surface area contributed by atoms with E-state index >= 15 is 0 Å². The Morgan fingerprint density at radius 1 is 1.08 bits per heavy atom. The first-order valence-corrected chi connectivity index (χ1v) is 12.3. The maximum absolute atomic E-state index is 13.3. The van der Waals surface area contributed by atoms with Gasteiger partial charge in [-0.1, -0.05) is 23.4 Å². The van der Waals surface area contributed by atoms with Crippen LogP contribution in [0.4, 0.5) is 11.4 Å². The third-order valence-corrected chi connectivity index (χ3v) is 6.68. The van der Waals surface area contributed by atoms with Crippen LogP contribution in [0.1, 0.15) is 12.0 Å².